The van der Waals surface area contributed by atoms with Crippen molar-refractivity contribution in [3.8, 4) is 5.75 Å². The lowest BCUT2D eigenvalue weighted by molar-refractivity contribution is -0.385. The fraction of sp³-hybridized carbons (Fsp3) is 0.143. The number of rotatable bonds is 5. The number of anilines is 1. The van der Waals surface area contributed by atoms with E-state index in [4.69, 9.17) is 16.3 Å². The van der Waals surface area contributed by atoms with Gasteiger partial charge in [0.15, 0.2) is 0 Å². The molecule has 0 saturated carbocycles. The van der Waals surface area contributed by atoms with Crippen molar-refractivity contribution in [2.24, 2.45) is 0 Å². The van der Waals surface area contributed by atoms with Crippen LogP contribution in [-0.4, -0.2) is 20.5 Å². The number of hydrogen-bond acceptors (Lipinski definition) is 5. The molecule has 10 heteroatoms. The van der Waals surface area contributed by atoms with E-state index in [9.17, 15) is 22.9 Å². The Morgan fingerprint density at radius 1 is 1.29 bits per heavy atom. The SMILES string of the molecule is COc1ccc(Cl)c(NS(=O)(=O)c2cc([N+](=O)[O-])c(C)cc2F)c1. The Morgan fingerprint density at radius 3 is 2.54 bits per heavy atom. The van der Waals surface area contributed by atoms with E-state index in [1.165, 1.54) is 32.2 Å². The standard InChI is InChI=1S/C14H12ClFN2O5S/c1-8-5-11(16)14(7-13(8)18(19)20)24(21,22)17-12-6-9(23-2)3-4-10(12)15/h3-7,17H,1-2H3. The molecule has 2 rings (SSSR count). The molecule has 128 valence electrons. The summed E-state index contributed by atoms with van der Waals surface area (Å²) in [6, 6.07) is 5.67. The van der Waals surface area contributed by atoms with Crippen LogP contribution in [0.1, 0.15) is 5.56 Å². The van der Waals surface area contributed by atoms with Crippen LogP contribution in [0.2, 0.25) is 5.02 Å². The number of sulfonamides is 1. The monoisotopic (exact) mass is 374 g/mol. The van der Waals surface area contributed by atoms with E-state index in [0.717, 1.165) is 6.07 Å². The molecule has 0 aliphatic rings. The van der Waals surface area contributed by atoms with E-state index >= 15 is 0 Å². The third kappa shape index (κ3) is 3.57. The smallest absolute Gasteiger partial charge is 0.273 e. The second kappa shape index (κ2) is 6.62. The topological polar surface area (TPSA) is 98.5 Å². The minimum atomic E-state index is -4.43. The van der Waals surface area contributed by atoms with E-state index < -0.39 is 31.3 Å². The minimum absolute atomic E-state index is 0.0101. The number of hydrogen-bond donors (Lipinski definition) is 1. The number of nitro groups is 1. The van der Waals surface area contributed by atoms with Crippen LogP contribution in [0.4, 0.5) is 15.8 Å². The molecule has 0 spiro atoms. The summed E-state index contributed by atoms with van der Waals surface area (Å²) < 4.78 is 45.9. The van der Waals surface area contributed by atoms with E-state index in [1.807, 2.05) is 0 Å². The lowest BCUT2D eigenvalue weighted by Gasteiger charge is -2.12. The molecule has 7 nitrogen and oxygen atoms in total. The molecular formula is C14H12ClFN2O5S. The zero-order valence-electron chi connectivity index (χ0n) is 12.5. The van der Waals surface area contributed by atoms with Crippen LogP contribution in [0.5, 0.6) is 5.75 Å². The minimum Gasteiger partial charge on any atom is -0.497 e. The number of nitrogens with one attached hydrogen (secondary N) is 1. The first-order valence-corrected chi connectivity index (χ1v) is 8.32. The maximum Gasteiger partial charge on any atom is 0.273 e. The van der Waals surface area contributed by atoms with Gasteiger partial charge < -0.3 is 4.74 Å². The number of nitro benzene ring substituents is 1. The van der Waals surface area contributed by atoms with Gasteiger partial charge in [-0.25, -0.2) is 12.8 Å². The van der Waals surface area contributed by atoms with Crippen molar-refractivity contribution in [1.29, 1.82) is 0 Å². The predicted molar refractivity (Wildman–Crippen MR) is 86.6 cm³/mol. The highest BCUT2D eigenvalue weighted by molar-refractivity contribution is 7.92. The van der Waals surface area contributed by atoms with Gasteiger partial charge in [-0.05, 0) is 25.1 Å². The number of methoxy groups -OCH3 is 1. The molecule has 2 aromatic rings. The molecule has 0 aliphatic carbocycles. The van der Waals surface area contributed by atoms with Gasteiger partial charge >= 0.3 is 0 Å². The van der Waals surface area contributed by atoms with E-state index in [2.05, 4.69) is 4.72 Å². The Hall–Kier alpha value is -2.39. The van der Waals surface area contributed by atoms with Crippen LogP contribution >= 0.6 is 11.6 Å². The Bertz CT molecular complexity index is 918. The predicted octanol–water partition coefficient (Wildman–Crippen LogP) is 3.51. The summed E-state index contributed by atoms with van der Waals surface area (Å²) in [6.45, 7) is 1.31. The average molecular weight is 375 g/mol. The summed E-state index contributed by atoms with van der Waals surface area (Å²) in [7, 11) is -3.05. The molecule has 1 N–H and O–H groups in total. The largest absolute Gasteiger partial charge is 0.497 e. The summed E-state index contributed by atoms with van der Waals surface area (Å²) in [4.78, 5) is 9.30. The van der Waals surface area contributed by atoms with E-state index in [0.29, 0.717) is 11.8 Å². The number of halogens is 2. The third-order valence-electron chi connectivity index (χ3n) is 3.15. The molecule has 0 aromatic heterocycles. The molecule has 0 heterocycles. The van der Waals surface area contributed by atoms with Crippen molar-refractivity contribution < 1.29 is 22.5 Å². The third-order valence-corrected chi connectivity index (χ3v) is 4.86. The van der Waals surface area contributed by atoms with Crippen LogP contribution in [0.3, 0.4) is 0 Å². The molecule has 0 unspecified atom stereocenters. The maximum atomic E-state index is 14.0. The lowest BCUT2D eigenvalue weighted by Crippen LogP contribution is -2.15. The van der Waals surface area contributed by atoms with Crippen molar-refractivity contribution in [3.63, 3.8) is 0 Å². The van der Waals surface area contributed by atoms with Gasteiger partial charge in [0.1, 0.15) is 16.5 Å². The van der Waals surface area contributed by atoms with Crippen molar-refractivity contribution in [2.45, 2.75) is 11.8 Å². The van der Waals surface area contributed by atoms with E-state index in [1.54, 1.807) is 0 Å². The fourth-order valence-corrected chi connectivity index (χ4v) is 3.33. The summed E-state index contributed by atoms with van der Waals surface area (Å²) in [5.74, 6) is -0.780. The lowest BCUT2D eigenvalue weighted by atomic mass is 10.2. The molecule has 0 bridgehead atoms. The van der Waals surface area contributed by atoms with Crippen molar-refractivity contribution >= 4 is 33.0 Å². The number of aryl methyl sites for hydroxylation is 1. The van der Waals surface area contributed by atoms with Crippen molar-refractivity contribution in [3.05, 3.63) is 56.8 Å². The van der Waals surface area contributed by atoms with Gasteiger partial charge in [-0.15, -0.1) is 0 Å². The van der Waals surface area contributed by atoms with Gasteiger partial charge in [0, 0.05) is 17.7 Å². The summed E-state index contributed by atoms with van der Waals surface area (Å²) in [5.41, 5.74) is -0.539. The van der Waals surface area contributed by atoms with Crippen LogP contribution in [0.15, 0.2) is 35.2 Å². The number of ether oxygens (including phenoxy) is 1. The zero-order valence-corrected chi connectivity index (χ0v) is 14.1. The molecule has 0 aliphatic heterocycles. The second-order valence-corrected chi connectivity index (χ2v) is 6.84. The molecule has 0 amide bonds. The van der Waals surface area contributed by atoms with Crippen molar-refractivity contribution in [2.75, 3.05) is 11.8 Å². The number of benzene rings is 2. The van der Waals surface area contributed by atoms with Crippen LogP contribution in [-0.2, 0) is 10.0 Å². The summed E-state index contributed by atoms with van der Waals surface area (Å²) in [6.07, 6.45) is 0. The highest BCUT2D eigenvalue weighted by Crippen LogP contribution is 2.31. The molecule has 0 radical (unpaired) electrons. The van der Waals surface area contributed by atoms with Gasteiger partial charge in [0.25, 0.3) is 15.7 Å². The molecular weight excluding hydrogens is 363 g/mol. The van der Waals surface area contributed by atoms with Crippen LogP contribution < -0.4 is 9.46 Å². The highest BCUT2D eigenvalue weighted by Gasteiger charge is 2.25. The fourth-order valence-electron chi connectivity index (χ4n) is 1.95. The molecule has 0 fully saturated rings. The molecule has 24 heavy (non-hydrogen) atoms. The average Bonchev–Trinajstić information content (AvgIpc) is 2.48. The van der Waals surface area contributed by atoms with E-state index in [-0.39, 0.29) is 16.3 Å². The first kappa shape index (κ1) is 18.0. The Labute approximate surface area is 142 Å². The number of nitrogens with zero attached hydrogens (tertiary/aromatic N) is 1. The molecule has 0 atom stereocenters. The zero-order chi connectivity index (χ0) is 18.1. The van der Waals surface area contributed by atoms with Gasteiger partial charge in [0.05, 0.1) is 22.7 Å². The first-order chi connectivity index (χ1) is 11.2. The summed E-state index contributed by atoms with van der Waals surface area (Å²) >= 11 is 5.91. The Morgan fingerprint density at radius 2 is 1.96 bits per heavy atom. The van der Waals surface area contributed by atoms with Gasteiger partial charge in [-0.2, -0.15) is 0 Å². The Balaban J connectivity index is 2.52. The second-order valence-electron chi connectivity index (χ2n) is 4.78. The quantitative estimate of drug-likeness (QED) is 0.637. The van der Waals surface area contributed by atoms with Gasteiger partial charge in [-0.1, -0.05) is 11.6 Å². The highest BCUT2D eigenvalue weighted by atomic mass is 35.5. The molecule has 2 aromatic carbocycles. The summed E-state index contributed by atoms with van der Waals surface area (Å²) in [5, 5.41) is 11.0. The van der Waals surface area contributed by atoms with Crippen LogP contribution in [0.25, 0.3) is 0 Å². The van der Waals surface area contributed by atoms with Crippen molar-refractivity contribution in [1.82, 2.24) is 0 Å². The normalized spacial score (nSPS) is 11.2. The van der Waals surface area contributed by atoms with Gasteiger partial charge in [-0.3, -0.25) is 14.8 Å². The first-order valence-electron chi connectivity index (χ1n) is 6.46. The Kier molecular flexibility index (Phi) is 4.95. The van der Waals surface area contributed by atoms with Crippen LogP contribution in [0, 0.1) is 22.9 Å². The maximum absolute atomic E-state index is 14.0. The molecule has 0 saturated heterocycles. The van der Waals surface area contributed by atoms with Gasteiger partial charge in [0.2, 0.25) is 0 Å².